The molecule has 0 radical (unpaired) electrons. The van der Waals surface area contributed by atoms with Gasteiger partial charge in [-0.15, -0.1) is 0 Å². The number of hydrogen-bond donors (Lipinski definition) is 2. The Balaban J connectivity index is 2.41. The minimum absolute atomic E-state index is 0.290. The molecule has 5 nitrogen and oxygen atoms in total. The van der Waals surface area contributed by atoms with Crippen LogP contribution in [0.5, 0.6) is 0 Å². The molecule has 0 aliphatic carbocycles. The molecule has 2 aromatic rings. The zero-order valence-electron chi connectivity index (χ0n) is 12.3. The Morgan fingerprint density at radius 3 is 2.57 bits per heavy atom. The first kappa shape index (κ1) is 15.5. The minimum Gasteiger partial charge on any atom is -0.316 e. The van der Waals surface area contributed by atoms with Crippen molar-refractivity contribution in [3.8, 4) is 0 Å². The molecule has 0 amide bonds. The molecule has 2 N–H and O–H groups in total. The summed E-state index contributed by atoms with van der Waals surface area (Å²) in [7, 11) is -1.79. The second-order valence-electron chi connectivity index (χ2n) is 4.81. The molecule has 112 valence electrons. The summed E-state index contributed by atoms with van der Waals surface area (Å²) in [6.45, 7) is 4.21. The van der Waals surface area contributed by atoms with Gasteiger partial charge in [0.2, 0.25) is 0 Å². The number of sulfonamides is 1. The third-order valence-corrected chi connectivity index (χ3v) is 4.81. The number of aromatic nitrogens is 1. The topological polar surface area (TPSA) is 71.1 Å². The number of hydrogen-bond acceptors (Lipinski definition) is 4. The summed E-state index contributed by atoms with van der Waals surface area (Å²) in [4.78, 5) is 4.38. The van der Waals surface area contributed by atoms with Crippen molar-refractivity contribution >= 4 is 15.7 Å². The van der Waals surface area contributed by atoms with Crippen LogP contribution in [0.2, 0.25) is 0 Å². The van der Waals surface area contributed by atoms with Crippen LogP contribution in [0.1, 0.15) is 16.8 Å². The van der Waals surface area contributed by atoms with Gasteiger partial charge in [0.1, 0.15) is 0 Å². The van der Waals surface area contributed by atoms with Crippen LogP contribution in [0.4, 0.5) is 5.69 Å². The lowest BCUT2D eigenvalue weighted by Crippen LogP contribution is -2.17. The van der Waals surface area contributed by atoms with Gasteiger partial charge in [-0.05, 0) is 50.2 Å². The van der Waals surface area contributed by atoms with Crippen LogP contribution < -0.4 is 10.0 Å². The van der Waals surface area contributed by atoms with Crippen molar-refractivity contribution in [2.75, 3.05) is 11.8 Å². The normalized spacial score (nSPS) is 11.4. The standard InChI is InChI=1S/C15H19N3O2S/c1-11-13(10-16-3)6-4-8-15(11)21(19,20)18-14-7-5-9-17-12(14)2/h4-9,16,18H,10H2,1-3H3. The van der Waals surface area contributed by atoms with E-state index in [-0.39, 0.29) is 0 Å². The Morgan fingerprint density at radius 2 is 1.90 bits per heavy atom. The SMILES string of the molecule is CNCc1cccc(S(=O)(=O)Nc2cccnc2C)c1C. The number of rotatable bonds is 5. The first-order valence-corrected chi connectivity index (χ1v) is 8.11. The van der Waals surface area contributed by atoms with E-state index in [4.69, 9.17) is 0 Å². The van der Waals surface area contributed by atoms with Gasteiger partial charge in [0.25, 0.3) is 10.0 Å². The van der Waals surface area contributed by atoms with Crippen LogP contribution in [0.3, 0.4) is 0 Å². The number of benzene rings is 1. The maximum atomic E-state index is 12.6. The second-order valence-corrected chi connectivity index (χ2v) is 6.46. The highest BCUT2D eigenvalue weighted by Gasteiger charge is 2.19. The van der Waals surface area contributed by atoms with E-state index in [9.17, 15) is 8.42 Å². The van der Waals surface area contributed by atoms with Gasteiger partial charge in [-0.3, -0.25) is 9.71 Å². The van der Waals surface area contributed by atoms with Crippen LogP contribution in [-0.4, -0.2) is 20.4 Å². The predicted molar refractivity (Wildman–Crippen MR) is 83.7 cm³/mol. The van der Waals surface area contributed by atoms with Gasteiger partial charge in [0, 0.05) is 12.7 Å². The lowest BCUT2D eigenvalue weighted by molar-refractivity contribution is 0.600. The van der Waals surface area contributed by atoms with Crippen molar-refractivity contribution < 1.29 is 8.42 Å². The summed E-state index contributed by atoms with van der Waals surface area (Å²) >= 11 is 0. The minimum atomic E-state index is -3.63. The molecule has 1 heterocycles. The third kappa shape index (κ3) is 3.40. The molecule has 0 aliphatic heterocycles. The molecule has 0 bridgehead atoms. The summed E-state index contributed by atoms with van der Waals surface area (Å²) in [6, 6.07) is 8.69. The maximum Gasteiger partial charge on any atom is 0.262 e. The fourth-order valence-corrected chi connectivity index (χ4v) is 3.53. The van der Waals surface area contributed by atoms with Crippen LogP contribution in [0.25, 0.3) is 0 Å². The predicted octanol–water partition coefficient (Wildman–Crippen LogP) is 2.22. The number of pyridine rings is 1. The molecule has 0 spiro atoms. The Hall–Kier alpha value is -1.92. The van der Waals surface area contributed by atoms with E-state index in [0.29, 0.717) is 22.8 Å². The molecule has 2 rings (SSSR count). The molecule has 0 atom stereocenters. The van der Waals surface area contributed by atoms with Gasteiger partial charge in [-0.25, -0.2) is 8.42 Å². The van der Waals surface area contributed by atoms with Crippen LogP contribution in [-0.2, 0) is 16.6 Å². The summed E-state index contributed by atoms with van der Waals surface area (Å²) in [6.07, 6.45) is 1.63. The van der Waals surface area contributed by atoms with Gasteiger partial charge in [-0.2, -0.15) is 0 Å². The molecule has 0 aliphatic rings. The Kier molecular flexibility index (Phi) is 4.59. The first-order chi connectivity index (χ1) is 9.95. The molecule has 1 aromatic carbocycles. The highest BCUT2D eigenvalue weighted by molar-refractivity contribution is 7.92. The first-order valence-electron chi connectivity index (χ1n) is 6.63. The fourth-order valence-electron chi connectivity index (χ4n) is 2.12. The van der Waals surface area contributed by atoms with Gasteiger partial charge >= 0.3 is 0 Å². The zero-order valence-corrected chi connectivity index (χ0v) is 13.2. The number of nitrogens with zero attached hydrogens (tertiary/aromatic N) is 1. The van der Waals surface area contributed by atoms with Crippen molar-refractivity contribution in [3.63, 3.8) is 0 Å². The molecular weight excluding hydrogens is 286 g/mol. The van der Waals surface area contributed by atoms with Gasteiger partial charge in [-0.1, -0.05) is 12.1 Å². The van der Waals surface area contributed by atoms with Crippen molar-refractivity contribution in [2.45, 2.75) is 25.3 Å². The third-order valence-electron chi connectivity index (χ3n) is 3.30. The smallest absolute Gasteiger partial charge is 0.262 e. The molecule has 0 unspecified atom stereocenters. The van der Waals surface area contributed by atoms with E-state index in [1.165, 1.54) is 0 Å². The number of anilines is 1. The Labute approximate surface area is 125 Å². The summed E-state index contributed by atoms with van der Waals surface area (Å²) < 4.78 is 27.7. The number of nitrogens with one attached hydrogen (secondary N) is 2. The largest absolute Gasteiger partial charge is 0.316 e. The van der Waals surface area contributed by atoms with E-state index in [0.717, 1.165) is 11.1 Å². The molecule has 0 fully saturated rings. The van der Waals surface area contributed by atoms with E-state index in [1.807, 2.05) is 20.0 Å². The van der Waals surface area contributed by atoms with E-state index in [1.54, 1.807) is 37.4 Å². The molecule has 6 heteroatoms. The zero-order chi connectivity index (χ0) is 15.5. The number of aryl methyl sites for hydroxylation is 1. The average molecular weight is 305 g/mol. The molecule has 0 saturated carbocycles. The molecule has 21 heavy (non-hydrogen) atoms. The summed E-state index contributed by atoms with van der Waals surface area (Å²) in [5.41, 5.74) is 2.85. The summed E-state index contributed by atoms with van der Waals surface area (Å²) in [5, 5.41) is 3.04. The van der Waals surface area contributed by atoms with Gasteiger partial charge < -0.3 is 5.32 Å². The van der Waals surface area contributed by atoms with Crippen molar-refractivity contribution in [2.24, 2.45) is 0 Å². The lowest BCUT2D eigenvalue weighted by atomic mass is 10.1. The monoisotopic (exact) mass is 305 g/mol. The van der Waals surface area contributed by atoms with Gasteiger partial charge in [0.15, 0.2) is 0 Å². The average Bonchev–Trinajstić information content (AvgIpc) is 2.43. The van der Waals surface area contributed by atoms with E-state index >= 15 is 0 Å². The molecule has 0 saturated heterocycles. The Morgan fingerprint density at radius 1 is 1.14 bits per heavy atom. The van der Waals surface area contributed by atoms with Crippen molar-refractivity contribution in [1.29, 1.82) is 0 Å². The van der Waals surface area contributed by atoms with Gasteiger partial charge in [0.05, 0.1) is 16.3 Å². The van der Waals surface area contributed by atoms with Crippen LogP contribution in [0, 0.1) is 13.8 Å². The lowest BCUT2D eigenvalue weighted by Gasteiger charge is -2.14. The Bertz CT molecular complexity index is 742. The highest BCUT2D eigenvalue weighted by atomic mass is 32.2. The van der Waals surface area contributed by atoms with Crippen LogP contribution in [0.15, 0.2) is 41.4 Å². The quantitative estimate of drug-likeness (QED) is 0.888. The van der Waals surface area contributed by atoms with E-state index < -0.39 is 10.0 Å². The van der Waals surface area contributed by atoms with Crippen molar-refractivity contribution in [3.05, 3.63) is 53.3 Å². The van der Waals surface area contributed by atoms with Crippen LogP contribution >= 0.6 is 0 Å². The maximum absolute atomic E-state index is 12.6. The van der Waals surface area contributed by atoms with Crippen molar-refractivity contribution in [1.82, 2.24) is 10.3 Å². The fraction of sp³-hybridized carbons (Fsp3) is 0.267. The molecule has 1 aromatic heterocycles. The molecular formula is C15H19N3O2S. The van der Waals surface area contributed by atoms with E-state index in [2.05, 4.69) is 15.0 Å². The second kappa shape index (κ2) is 6.24. The highest BCUT2D eigenvalue weighted by Crippen LogP contribution is 2.22. The summed E-state index contributed by atoms with van der Waals surface area (Å²) in [5.74, 6) is 0.